The maximum Gasteiger partial charge on any atom is 0.395 e. The van der Waals surface area contributed by atoms with E-state index in [4.69, 9.17) is 0 Å². The van der Waals surface area contributed by atoms with Gasteiger partial charge in [-0.25, -0.2) is 8.78 Å². The summed E-state index contributed by atoms with van der Waals surface area (Å²) in [5, 5.41) is 0. The summed E-state index contributed by atoms with van der Waals surface area (Å²) in [6, 6.07) is 0. The van der Waals surface area contributed by atoms with Crippen LogP contribution in [0.25, 0.3) is 0 Å². The first-order valence-corrected chi connectivity index (χ1v) is 12.6. The zero-order chi connectivity index (χ0) is 28.3. The van der Waals surface area contributed by atoms with Gasteiger partial charge < -0.3 is 0 Å². The average Bonchev–Trinajstić information content (AvgIpc) is 2.88. The number of fused-ring (bicyclic) bond motifs is 1. The quantitative estimate of drug-likeness (QED) is 0.278. The van der Waals surface area contributed by atoms with Crippen molar-refractivity contribution < 1.29 is 35.1 Å². The Bertz CT molecular complexity index is 658. The van der Waals surface area contributed by atoms with Gasteiger partial charge in [0.25, 0.3) is 5.92 Å². The van der Waals surface area contributed by atoms with Crippen molar-refractivity contribution in [3.8, 4) is 0 Å². The van der Waals surface area contributed by atoms with E-state index in [9.17, 15) is 35.1 Å². The lowest BCUT2D eigenvalue weighted by Gasteiger charge is -2.52. The molecule has 35 heavy (non-hydrogen) atoms. The highest BCUT2D eigenvalue weighted by molar-refractivity contribution is 5.12. The van der Waals surface area contributed by atoms with E-state index in [1.807, 2.05) is 0 Å². The fourth-order valence-electron chi connectivity index (χ4n) is 4.93. The van der Waals surface area contributed by atoms with Crippen LogP contribution >= 0.6 is 0 Å². The Kier molecular flexibility index (Phi) is 8.65. The SMILES string of the molecule is CC(C)(C)C(C)(C)C(F)(F)F.CC(C)(C)C1(C(F)(F)F)CCC1.CC(C)(C)C1CC2C(C1)C2(F)F. The Morgan fingerprint density at radius 1 is 0.629 bits per heavy atom. The van der Waals surface area contributed by atoms with Crippen LogP contribution in [0.2, 0.25) is 0 Å². The monoisotopic (exact) mass is 522 g/mol. The fraction of sp³-hybridized carbons (Fsp3) is 1.00. The zero-order valence-corrected chi connectivity index (χ0v) is 23.3. The second-order valence-electron chi connectivity index (χ2n) is 14.5. The summed E-state index contributed by atoms with van der Waals surface area (Å²) in [5.41, 5.74) is -4.20. The molecule has 0 aromatic rings. The van der Waals surface area contributed by atoms with Gasteiger partial charge in [-0.3, -0.25) is 0 Å². The van der Waals surface area contributed by atoms with Crippen molar-refractivity contribution in [1.29, 1.82) is 0 Å². The summed E-state index contributed by atoms with van der Waals surface area (Å²) in [6.45, 7) is 18.8. The first-order valence-electron chi connectivity index (χ1n) is 12.6. The van der Waals surface area contributed by atoms with Gasteiger partial charge in [0.15, 0.2) is 0 Å². The van der Waals surface area contributed by atoms with Gasteiger partial charge >= 0.3 is 12.4 Å². The maximum absolute atomic E-state index is 12.8. The van der Waals surface area contributed by atoms with E-state index >= 15 is 0 Å². The van der Waals surface area contributed by atoms with Crippen LogP contribution in [-0.2, 0) is 0 Å². The van der Waals surface area contributed by atoms with Gasteiger partial charge in [-0.15, -0.1) is 0 Å². The molecule has 2 unspecified atom stereocenters. The minimum Gasteiger partial charge on any atom is -0.206 e. The molecule has 0 N–H and O–H groups in total. The summed E-state index contributed by atoms with van der Waals surface area (Å²) in [6.07, 6.45) is -5.31. The molecule has 3 fully saturated rings. The molecule has 210 valence electrons. The van der Waals surface area contributed by atoms with Crippen molar-refractivity contribution >= 4 is 0 Å². The van der Waals surface area contributed by atoms with Gasteiger partial charge in [0.2, 0.25) is 0 Å². The third kappa shape index (κ3) is 6.48. The van der Waals surface area contributed by atoms with Crippen LogP contribution in [0, 0.1) is 44.8 Å². The van der Waals surface area contributed by atoms with E-state index < -0.39 is 39.9 Å². The molecule has 0 aliphatic heterocycles. The number of hydrogen-bond donors (Lipinski definition) is 0. The first kappa shape index (κ1) is 32.5. The Hall–Kier alpha value is -0.560. The molecular formula is C27H46F8. The topological polar surface area (TPSA) is 0 Å². The number of alkyl halides is 8. The van der Waals surface area contributed by atoms with Crippen molar-refractivity contribution in [3.05, 3.63) is 0 Å². The van der Waals surface area contributed by atoms with Gasteiger partial charge in [0, 0.05) is 11.8 Å². The minimum atomic E-state index is -4.12. The van der Waals surface area contributed by atoms with E-state index in [2.05, 4.69) is 20.8 Å². The van der Waals surface area contributed by atoms with E-state index in [1.54, 1.807) is 41.5 Å². The molecule has 0 radical (unpaired) electrons. The van der Waals surface area contributed by atoms with Gasteiger partial charge in [-0.1, -0.05) is 82.6 Å². The summed E-state index contributed by atoms with van der Waals surface area (Å²) in [5.74, 6) is -2.29. The molecule has 0 spiro atoms. The van der Waals surface area contributed by atoms with Crippen LogP contribution in [0.3, 0.4) is 0 Å². The first-order chi connectivity index (χ1) is 15.0. The normalized spacial score (nSPS) is 28.0. The second kappa shape index (κ2) is 9.32. The second-order valence-corrected chi connectivity index (χ2v) is 14.5. The maximum atomic E-state index is 12.8. The molecule has 0 bridgehead atoms. The van der Waals surface area contributed by atoms with Crippen LogP contribution in [-0.4, -0.2) is 18.3 Å². The molecule has 0 saturated heterocycles. The lowest BCUT2D eigenvalue weighted by Crippen LogP contribution is -2.52. The number of halogens is 8. The Morgan fingerprint density at radius 2 is 1.00 bits per heavy atom. The van der Waals surface area contributed by atoms with Crippen molar-refractivity contribution in [3.63, 3.8) is 0 Å². The summed E-state index contributed by atoms with van der Waals surface area (Å²) < 4.78 is 101. The predicted octanol–water partition coefficient (Wildman–Crippen LogP) is 10.7. The molecule has 0 amide bonds. The molecule has 3 aliphatic rings. The van der Waals surface area contributed by atoms with Crippen LogP contribution < -0.4 is 0 Å². The van der Waals surface area contributed by atoms with Crippen molar-refractivity contribution in [2.24, 2.45) is 44.8 Å². The molecular weight excluding hydrogens is 476 g/mol. The molecule has 3 rings (SSSR count). The number of hydrogen-bond acceptors (Lipinski definition) is 0. The summed E-state index contributed by atoms with van der Waals surface area (Å²) >= 11 is 0. The molecule has 0 aromatic heterocycles. The molecule has 0 heterocycles. The molecule has 3 aliphatic carbocycles. The summed E-state index contributed by atoms with van der Waals surface area (Å²) in [4.78, 5) is 0. The van der Waals surface area contributed by atoms with Gasteiger partial charge in [-0.2, -0.15) is 26.3 Å². The summed E-state index contributed by atoms with van der Waals surface area (Å²) in [7, 11) is 0. The van der Waals surface area contributed by atoms with Crippen molar-refractivity contribution in [2.75, 3.05) is 0 Å². The lowest BCUT2D eigenvalue weighted by molar-refractivity contribution is -0.286. The standard InChI is InChI=1S/C10H16F2.C9H15F3.C8H15F3/c1-9(2,3)6-4-7-8(5-6)10(7,11)12;1-7(2,3)8(5-4-6-8)9(10,11)12;1-6(2,3)7(4,5)8(9,10)11/h6-8H,4-5H2,1-3H3;4-6H2,1-3H3;1-5H3. The number of rotatable bonds is 0. The van der Waals surface area contributed by atoms with Crippen LogP contribution in [0.1, 0.15) is 108 Å². The Labute approximate surface area is 207 Å². The van der Waals surface area contributed by atoms with Crippen LogP contribution in [0.15, 0.2) is 0 Å². The Balaban J connectivity index is 0.000000263. The highest BCUT2D eigenvalue weighted by atomic mass is 19.4. The lowest BCUT2D eigenvalue weighted by atomic mass is 9.54. The highest BCUT2D eigenvalue weighted by Crippen LogP contribution is 2.68. The Morgan fingerprint density at radius 3 is 1.11 bits per heavy atom. The molecule has 0 nitrogen and oxygen atoms in total. The van der Waals surface area contributed by atoms with Crippen LogP contribution in [0.5, 0.6) is 0 Å². The largest absolute Gasteiger partial charge is 0.395 e. The molecule has 0 aromatic carbocycles. The van der Waals surface area contributed by atoms with E-state index in [0.717, 1.165) is 19.3 Å². The molecule has 2 atom stereocenters. The smallest absolute Gasteiger partial charge is 0.206 e. The fourth-order valence-corrected chi connectivity index (χ4v) is 4.93. The van der Waals surface area contributed by atoms with Gasteiger partial charge in [-0.05, 0) is 47.8 Å². The van der Waals surface area contributed by atoms with Crippen molar-refractivity contribution in [1.82, 2.24) is 0 Å². The highest BCUT2D eigenvalue weighted by Gasteiger charge is 2.72. The predicted molar refractivity (Wildman–Crippen MR) is 125 cm³/mol. The van der Waals surface area contributed by atoms with Gasteiger partial charge in [0.1, 0.15) is 0 Å². The average molecular weight is 523 g/mol. The van der Waals surface area contributed by atoms with E-state index in [-0.39, 0.29) is 17.3 Å². The third-order valence-electron chi connectivity index (χ3n) is 9.44. The van der Waals surface area contributed by atoms with Gasteiger partial charge in [0.05, 0.1) is 10.8 Å². The van der Waals surface area contributed by atoms with E-state index in [0.29, 0.717) is 18.8 Å². The van der Waals surface area contributed by atoms with Crippen LogP contribution in [0.4, 0.5) is 35.1 Å². The molecule has 3 saturated carbocycles. The zero-order valence-electron chi connectivity index (χ0n) is 23.3. The third-order valence-corrected chi connectivity index (χ3v) is 9.44. The van der Waals surface area contributed by atoms with Crippen molar-refractivity contribution in [2.45, 2.75) is 127 Å². The minimum absolute atomic E-state index is 0.226. The van der Waals surface area contributed by atoms with E-state index in [1.165, 1.54) is 13.8 Å². The molecule has 8 heteroatoms.